The highest BCUT2D eigenvalue weighted by Gasteiger charge is 2.20. The van der Waals surface area contributed by atoms with Crippen LogP contribution in [0.5, 0.6) is 5.75 Å². The molecule has 0 aliphatic carbocycles. The number of aliphatic hydroxyl groups excluding tert-OH is 1. The lowest BCUT2D eigenvalue weighted by atomic mass is 9.98. The SMILES string of the molecule is Cl.Cl.Cl.Cl.Nc1ccc(-c2ccc3c(c2)CC[C@H](CNC[C@H](O)c2cccnc2)O3)nc1. The van der Waals surface area contributed by atoms with Gasteiger partial charge >= 0.3 is 0 Å². The molecule has 0 radical (unpaired) electrons. The molecule has 1 aliphatic rings. The summed E-state index contributed by atoms with van der Waals surface area (Å²) in [5.74, 6) is 0.921. The molecule has 0 saturated heterocycles. The van der Waals surface area contributed by atoms with E-state index in [1.165, 1.54) is 5.56 Å². The highest BCUT2D eigenvalue weighted by molar-refractivity contribution is 5.86. The molecule has 6 nitrogen and oxygen atoms in total. The Morgan fingerprint density at radius 2 is 1.91 bits per heavy atom. The molecule has 0 fully saturated rings. The number of aromatic nitrogens is 2. The molecule has 0 spiro atoms. The molecule has 32 heavy (non-hydrogen) atoms. The minimum Gasteiger partial charge on any atom is -0.489 e. The van der Waals surface area contributed by atoms with Crippen LogP contribution in [0.1, 0.15) is 23.7 Å². The molecule has 3 heterocycles. The van der Waals surface area contributed by atoms with E-state index in [9.17, 15) is 5.11 Å². The van der Waals surface area contributed by atoms with Crippen molar-refractivity contribution in [3.63, 3.8) is 0 Å². The van der Waals surface area contributed by atoms with Crippen LogP contribution < -0.4 is 15.8 Å². The molecule has 3 aromatic rings. The van der Waals surface area contributed by atoms with E-state index in [1.807, 2.05) is 36.4 Å². The quantitative estimate of drug-likeness (QED) is 0.444. The van der Waals surface area contributed by atoms with Gasteiger partial charge in [-0.25, -0.2) is 0 Å². The first-order valence-electron chi connectivity index (χ1n) is 9.49. The van der Waals surface area contributed by atoms with Crippen LogP contribution in [-0.2, 0) is 6.42 Å². The van der Waals surface area contributed by atoms with Crippen molar-refractivity contribution in [2.75, 3.05) is 18.8 Å². The first kappa shape index (κ1) is 30.2. The standard InChI is InChI=1S/C22H24N4O2.4ClH/c23-18-5-7-20(26-12-18)15-4-8-22-16(10-15)3-6-19(28-22)13-25-14-21(27)17-2-1-9-24-11-17;;;;/h1-2,4-5,7-12,19,21,25,27H,3,6,13-14,23H2;4*1H/t19-,21+;;;;/m1..../s1. The zero-order chi connectivity index (χ0) is 19.3. The number of rotatable bonds is 6. The summed E-state index contributed by atoms with van der Waals surface area (Å²) >= 11 is 0. The number of nitrogen functional groups attached to an aromatic ring is 1. The molecule has 10 heteroatoms. The molecule has 0 bridgehead atoms. The molecule has 1 aromatic carbocycles. The first-order chi connectivity index (χ1) is 13.7. The number of nitrogens with zero attached hydrogens (tertiary/aromatic N) is 2. The number of benzene rings is 1. The van der Waals surface area contributed by atoms with Crippen molar-refractivity contribution in [3.05, 3.63) is 72.2 Å². The fourth-order valence-electron chi connectivity index (χ4n) is 3.40. The van der Waals surface area contributed by atoms with Gasteiger partial charge < -0.3 is 20.9 Å². The number of hydrogen-bond acceptors (Lipinski definition) is 6. The molecule has 0 saturated carbocycles. The molecule has 1 aliphatic heterocycles. The monoisotopic (exact) mass is 520 g/mol. The summed E-state index contributed by atoms with van der Waals surface area (Å²) in [6, 6.07) is 13.7. The summed E-state index contributed by atoms with van der Waals surface area (Å²) in [7, 11) is 0. The Labute approximate surface area is 213 Å². The van der Waals surface area contributed by atoms with E-state index >= 15 is 0 Å². The van der Waals surface area contributed by atoms with Crippen LogP contribution >= 0.6 is 49.6 Å². The summed E-state index contributed by atoms with van der Waals surface area (Å²) < 4.78 is 6.13. The highest BCUT2D eigenvalue weighted by Crippen LogP contribution is 2.31. The molecule has 2 aromatic heterocycles. The number of ether oxygens (including phenoxy) is 1. The Morgan fingerprint density at radius 1 is 1.09 bits per heavy atom. The van der Waals surface area contributed by atoms with Crippen molar-refractivity contribution in [2.45, 2.75) is 25.0 Å². The van der Waals surface area contributed by atoms with Gasteiger partial charge in [0, 0.05) is 36.6 Å². The lowest BCUT2D eigenvalue weighted by Crippen LogP contribution is -2.36. The second-order valence-electron chi connectivity index (χ2n) is 7.04. The van der Waals surface area contributed by atoms with E-state index in [0.29, 0.717) is 18.8 Å². The Bertz CT molecular complexity index is 933. The van der Waals surface area contributed by atoms with Crippen molar-refractivity contribution in [3.8, 4) is 17.0 Å². The van der Waals surface area contributed by atoms with Gasteiger partial charge in [-0.15, -0.1) is 49.6 Å². The van der Waals surface area contributed by atoms with E-state index in [-0.39, 0.29) is 55.7 Å². The van der Waals surface area contributed by atoms with E-state index in [0.717, 1.165) is 35.4 Å². The van der Waals surface area contributed by atoms with Crippen molar-refractivity contribution in [1.82, 2.24) is 15.3 Å². The van der Waals surface area contributed by atoms with Gasteiger partial charge in [0.25, 0.3) is 0 Å². The number of nitrogens with one attached hydrogen (secondary N) is 1. The van der Waals surface area contributed by atoms with Gasteiger partial charge in [0.1, 0.15) is 11.9 Å². The molecular formula is C22H28Cl4N4O2. The Hall–Kier alpha value is -1.80. The molecule has 4 N–H and O–H groups in total. The average Bonchev–Trinajstić information content (AvgIpc) is 2.74. The van der Waals surface area contributed by atoms with Crippen LogP contribution in [0.25, 0.3) is 11.3 Å². The Kier molecular flexibility index (Phi) is 13.6. The van der Waals surface area contributed by atoms with E-state index < -0.39 is 6.10 Å². The van der Waals surface area contributed by atoms with E-state index in [1.54, 1.807) is 18.6 Å². The number of aliphatic hydroxyl groups is 1. The Morgan fingerprint density at radius 3 is 2.59 bits per heavy atom. The predicted molar refractivity (Wildman–Crippen MR) is 138 cm³/mol. The number of aryl methyl sites for hydroxylation is 1. The third-order valence-electron chi connectivity index (χ3n) is 4.95. The van der Waals surface area contributed by atoms with Crippen molar-refractivity contribution in [2.24, 2.45) is 0 Å². The largest absolute Gasteiger partial charge is 0.489 e. The molecule has 2 atom stereocenters. The number of pyridine rings is 2. The van der Waals surface area contributed by atoms with E-state index in [2.05, 4.69) is 21.4 Å². The fourth-order valence-corrected chi connectivity index (χ4v) is 3.40. The van der Waals surface area contributed by atoms with Crippen LogP contribution in [0.2, 0.25) is 0 Å². The summed E-state index contributed by atoms with van der Waals surface area (Å²) in [4.78, 5) is 8.43. The number of fused-ring (bicyclic) bond motifs is 1. The lowest BCUT2D eigenvalue weighted by molar-refractivity contribution is 0.146. The zero-order valence-electron chi connectivity index (χ0n) is 17.2. The molecule has 0 unspecified atom stereocenters. The van der Waals surface area contributed by atoms with Crippen molar-refractivity contribution in [1.29, 1.82) is 0 Å². The maximum Gasteiger partial charge on any atom is 0.123 e. The normalized spacial score (nSPS) is 14.7. The topological polar surface area (TPSA) is 93.3 Å². The molecule has 0 amide bonds. The maximum atomic E-state index is 10.2. The number of hydrogen-bond donors (Lipinski definition) is 3. The van der Waals surface area contributed by atoms with Gasteiger partial charge in [-0.1, -0.05) is 6.07 Å². The molecule has 4 rings (SSSR count). The van der Waals surface area contributed by atoms with Crippen molar-refractivity contribution >= 4 is 55.3 Å². The molecular weight excluding hydrogens is 494 g/mol. The van der Waals surface area contributed by atoms with Crippen LogP contribution in [-0.4, -0.2) is 34.3 Å². The van der Waals surface area contributed by atoms with Gasteiger partial charge in [0.05, 0.1) is 23.7 Å². The third-order valence-corrected chi connectivity index (χ3v) is 4.95. The number of anilines is 1. The lowest BCUT2D eigenvalue weighted by Gasteiger charge is -2.27. The highest BCUT2D eigenvalue weighted by atomic mass is 35.5. The van der Waals surface area contributed by atoms with Gasteiger partial charge in [-0.05, 0) is 54.8 Å². The second kappa shape index (κ2) is 14.4. The maximum absolute atomic E-state index is 10.2. The van der Waals surface area contributed by atoms with Gasteiger partial charge in [-0.3, -0.25) is 9.97 Å². The fraction of sp³-hybridized carbons (Fsp3) is 0.273. The van der Waals surface area contributed by atoms with Crippen LogP contribution in [0, 0.1) is 0 Å². The first-order valence-corrected chi connectivity index (χ1v) is 9.49. The van der Waals surface area contributed by atoms with Crippen molar-refractivity contribution < 1.29 is 9.84 Å². The summed E-state index contributed by atoms with van der Waals surface area (Å²) in [6.07, 6.45) is 6.47. The van der Waals surface area contributed by atoms with Crippen LogP contribution in [0.15, 0.2) is 61.1 Å². The zero-order valence-corrected chi connectivity index (χ0v) is 20.5. The van der Waals surface area contributed by atoms with Gasteiger partial charge in [0.15, 0.2) is 0 Å². The molecule has 176 valence electrons. The van der Waals surface area contributed by atoms with Gasteiger partial charge in [-0.2, -0.15) is 0 Å². The van der Waals surface area contributed by atoms with E-state index in [4.69, 9.17) is 10.5 Å². The van der Waals surface area contributed by atoms with Crippen LogP contribution in [0.3, 0.4) is 0 Å². The minimum atomic E-state index is -0.570. The minimum absolute atomic E-state index is 0. The smallest absolute Gasteiger partial charge is 0.123 e. The summed E-state index contributed by atoms with van der Waals surface area (Å²) in [5, 5.41) is 13.5. The summed E-state index contributed by atoms with van der Waals surface area (Å²) in [5.41, 5.74) is 10.4. The average molecular weight is 522 g/mol. The predicted octanol–water partition coefficient (Wildman–Crippen LogP) is 4.43. The van der Waals surface area contributed by atoms with Crippen LogP contribution in [0.4, 0.5) is 5.69 Å². The number of halogens is 4. The third kappa shape index (κ3) is 7.66. The van der Waals surface area contributed by atoms with Gasteiger partial charge in [0.2, 0.25) is 0 Å². The number of nitrogens with two attached hydrogens (primary N) is 1. The second-order valence-corrected chi connectivity index (χ2v) is 7.04. The summed E-state index contributed by atoms with van der Waals surface area (Å²) in [6.45, 7) is 1.16. The Balaban J connectivity index is 0.00000240.